The highest BCUT2D eigenvalue weighted by atomic mass is 28.3. The third-order valence-corrected chi connectivity index (χ3v) is 7.05. The smallest absolute Gasteiger partial charge is 0.0730 e. The van der Waals surface area contributed by atoms with Crippen molar-refractivity contribution in [3.8, 4) is 23.7 Å². The summed E-state index contributed by atoms with van der Waals surface area (Å²) in [6, 6.07) is 4.52. The average Bonchev–Trinajstić information content (AvgIpc) is 2.07. The van der Waals surface area contributed by atoms with Crippen LogP contribution in [0.5, 0.6) is 0 Å². The van der Waals surface area contributed by atoms with Gasteiger partial charge in [-0.15, -0.1) is 23.7 Å². The van der Waals surface area contributed by atoms with Gasteiger partial charge in [-0.1, -0.05) is 26.2 Å². The lowest BCUT2D eigenvalue weighted by molar-refractivity contribution is 1.43. The van der Waals surface area contributed by atoms with Crippen molar-refractivity contribution >= 4 is 16.1 Å². The van der Waals surface area contributed by atoms with Gasteiger partial charge in [-0.3, -0.25) is 0 Å². The topological polar surface area (TPSA) is 0 Å². The van der Waals surface area contributed by atoms with Crippen LogP contribution in [0.15, 0.2) is 0 Å². The van der Waals surface area contributed by atoms with Gasteiger partial charge in [0.25, 0.3) is 0 Å². The molecule has 0 aromatic rings. The van der Waals surface area contributed by atoms with Gasteiger partial charge >= 0.3 is 0 Å². The summed E-state index contributed by atoms with van der Waals surface area (Å²) in [6.07, 6.45) is 0. The molecule has 0 bridgehead atoms. The molecule has 0 nitrogen and oxygen atoms in total. The summed E-state index contributed by atoms with van der Waals surface area (Å²) in [7, 11) is -2.21. The Kier molecular flexibility index (Phi) is 3.64. The first-order valence-electron chi connectivity index (χ1n) is 5.33. The minimum atomic E-state index is -1.11. The summed E-state index contributed by atoms with van der Waals surface area (Å²) >= 11 is 0. The zero-order chi connectivity index (χ0) is 10.7. The highest BCUT2D eigenvalue weighted by Gasteiger charge is 2.21. The largest absolute Gasteiger partial charge is 0.107 e. The molecule has 76 valence electrons. The maximum absolute atomic E-state index is 3.38. The molecule has 1 aliphatic rings. The Morgan fingerprint density at radius 3 is 1.00 bits per heavy atom. The lowest BCUT2D eigenvalue weighted by Gasteiger charge is -2.18. The van der Waals surface area contributed by atoms with Crippen molar-refractivity contribution in [2.24, 2.45) is 0 Å². The van der Waals surface area contributed by atoms with Crippen LogP contribution in [0.1, 0.15) is 0 Å². The van der Waals surface area contributed by atoms with E-state index in [1.54, 1.807) is 0 Å². The van der Waals surface area contributed by atoms with E-state index in [0.29, 0.717) is 0 Å². The van der Waals surface area contributed by atoms with Crippen LogP contribution >= 0.6 is 0 Å². The summed E-state index contributed by atoms with van der Waals surface area (Å²) < 4.78 is 0. The van der Waals surface area contributed by atoms with Crippen LogP contribution < -0.4 is 0 Å². The SMILES string of the molecule is C[Si]1(C)CC#CC[Si](C)(C)CC#CC1. The van der Waals surface area contributed by atoms with Gasteiger partial charge in [0.1, 0.15) is 0 Å². The zero-order valence-electron chi connectivity index (χ0n) is 9.83. The van der Waals surface area contributed by atoms with Crippen LogP contribution in [0, 0.1) is 23.7 Å². The lowest BCUT2D eigenvalue weighted by Crippen LogP contribution is -2.26. The number of hydrogen-bond acceptors (Lipinski definition) is 0. The van der Waals surface area contributed by atoms with Crippen LogP contribution in [-0.2, 0) is 0 Å². The van der Waals surface area contributed by atoms with Gasteiger partial charge in [0, 0.05) is 24.2 Å². The van der Waals surface area contributed by atoms with E-state index in [2.05, 4.69) is 49.9 Å². The summed E-state index contributed by atoms with van der Waals surface area (Å²) in [6.45, 7) is 9.56. The molecule has 0 fully saturated rings. The molecule has 0 aliphatic carbocycles. The van der Waals surface area contributed by atoms with Gasteiger partial charge in [0.05, 0.1) is 16.1 Å². The molecular weight excluding hydrogens is 200 g/mol. The number of rotatable bonds is 0. The van der Waals surface area contributed by atoms with Gasteiger partial charge in [-0.25, -0.2) is 0 Å². The predicted molar refractivity (Wildman–Crippen MR) is 69.7 cm³/mol. The number of hydrogen-bond donors (Lipinski definition) is 0. The molecule has 1 heterocycles. The van der Waals surface area contributed by atoms with Crippen molar-refractivity contribution in [2.45, 2.75) is 50.4 Å². The van der Waals surface area contributed by atoms with Crippen LogP contribution in [0.2, 0.25) is 50.4 Å². The summed E-state index contributed by atoms with van der Waals surface area (Å²) in [5.74, 6) is 13.5. The Balaban J connectivity index is 2.74. The van der Waals surface area contributed by atoms with Crippen molar-refractivity contribution in [2.75, 3.05) is 0 Å². The van der Waals surface area contributed by atoms with Crippen molar-refractivity contribution in [3.63, 3.8) is 0 Å². The first-order chi connectivity index (χ1) is 6.41. The van der Waals surface area contributed by atoms with Crippen molar-refractivity contribution in [1.82, 2.24) is 0 Å². The van der Waals surface area contributed by atoms with E-state index in [4.69, 9.17) is 0 Å². The van der Waals surface area contributed by atoms with E-state index in [9.17, 15) is 0 Å². The van der Waals surface area contributed by atoms with Crippen LogP contribution in [0.3, 0.4) is 0 Å². The van der Waals surface area contributed by atoms with Crippen LogP contribution in [-0.4, -0.2) is 16.1 Å². The molecule has 0 aromatic heterocycles. The molecule has 0 unspecified atom stereocenters. The van der Waals surface area contributed by atoms with Crippen molar-refractivity contribution < 1.29 is 0 Å². The minimum absolute atomic E-state index is 1.11. The zero-order valence-corrected chi connectivity index (χ0v) is 11.8. The van der Waals surface area contributed by atoms with Gasteiger partial charge in [0.2, 0.25) is 0 Å². The second kappa shape index (κ2) is 4.38. The molecule has 0 aromatic carbocycles. The quantitative estimate of drug-likeness (QED) is 0.433. The Bertz CT molecular complexity index is 260. The Morgan fingerprint density at radius 1 is 0.571 bits per heavy atom. The van der Waals surface area contributed by atoms with Crippen molar-refractivity contribution in [1.29, 1.82) is 0 Å². The first kappa shape index (κ1) is 11.6. The molecule has 0 saturated carbocycles. The van der Waals surface area contributed by atoms with Crippen molar-refractivity contribution in [3.05, 3.63) is 0 Å². The molecule has 0 radical (unpaired) electrons. The fourth-order valence-corrected chi connectivity index (χ4v) is 4.00. The van der Waals surface area contributed by atoms with Gasteiger partial charge in [0.15, 0.2) is 0 Å². The third-order valence-electron chi connectivity index (χ3n) is 2.52. The fraction of sp³-hybridized carbons (Fsp3) is 0.667. The van der Waals surface area contributed by atoms with Crippen LogP contribution in [0.25, 0.3) is 0 Å². The normalized spacial score (nSPS) is 23.7. The second-order valence-electron chi connectivity index (χ2n) is 5.74. The van der Waals surface area contributed by atoms with E-state index >= 15 is 0 Å². The van der Waals surface area contributed by atoms with E-state index < -0.39 is 16.1 Å². The third kappa shape index (κ3) is 4.18. The predicted octanol–water partition coefficient (Wildman–Crippen LogP) is 3.42. The van der Waals surface area contributed by atoms with Gasteiger partial charge in [-0.05, 0) is 0 Å². The molecule has 0 atom stereocenters. The monoisotopic (exact) mass is 220 g/mol. The Morgan fingerprint density at radius 2 is 0.786 bits per heavy atom. The first-order valence-corrected chi connectivity index (χ1v) is 12.2. The molecule has 1 rings (SSSR count). The van der Waals surface area contributed by atoms with E-state index in [0.717, 1.165) is 24.2 Å². The summed E-state index contributed by atoms with van der Waals surface area (Å²) in [5.41, 5.74) is 0. The fourth-order valence-electron chi connectivity index (χ4n) is 1.33. The van der Waals surface area contributed by atoms with Gasteiger partial charge in [-0.2, -0.15) is 0 Å². The lowest BCUT2D eigenvalue weighted by atomic mass is 10.6. The Hall–Kier alpha value is -0.446. The molecule has 2 heteroatoms. The second-order valence-corrected chi connectivity index (χ2v) is 15.8. The molecule has 1 aliphatic heterocycles. The van der Waals surface area contributed by atoms with E-state index in [1.807, 2.05) is 0 Å². The summed E-state index contributed by atoms with van der Waals surface area (Å²) in [5, 5.41) is 0. The minimum Gasteiger partial charge on any atom is -0.107 e. The van der Waals surface area contributed by atoms with Crippen LogP contribution in [0.4, 0.5) is 0 Å². The maximum Gasteiger partial charge on any atom is 0.0730 e. The standard InChI is InChI=1S/C12H20Si2/c1-13(2)9-5-7-11-14(3,4)12-8-6-10-13/h9-12H2,1-4H3. The van der Waals surface area contributed by atoms with Gasteiger partial charge < -0.3 is 0 Å². The average molecular weight is 220 g/mol. The Labute approximate surface area is 90.5 Å². The molecule has 0 amide bonds. The highest BCUT2D eigenvalue weighted by molar-refractivity contribution is 6.79. The summed E-state index contributed by atoms with van der Waals surface area (Å²) in [4.78, 5) is 0. The molecule has 0 spiro atoms. The molecule has 14 heavy (non-hydrogen) atoms. The maximum atomic E-state index is 3.38. The molecular formula is C12H20Si2. The highest BCUT2D eigenvalue weighted by Crippen LogP contribution is 2.17. The molecule has 0 N–H and O–H groups in total. The van der Waals surface area contributed by atoms with E-state index in [-0.39, 0.29) is 0 Å². The molecule has 0 saturated heterocycles. The van der Waals surface area contributed by atoms with E-state index in [1.165, 1.54) is 0 Å².